The molecule has 0 aliphatic carbocycles. The van der Waals surface area contributed by atoms with E-state index in [1.54, 1.807) is 0 Å². The molecule has 120 valence electrons. The number of hydrogen-bond acceptors (Lipinski definition) is 2. The van der Waals surface area contributed by atoms with Crippen LogP contribution in [0.25, 0.3) is 0 Å². The Labute approximate surface area is 139 Å². The average Bonchev–Trinajstić information content (AvgIpc) is 2.59. The van der Waals surface area contributed by atoms with Crippen molar-refractivity contribution in [3.05, 3.63) is 71.8 Å². The lowest BCUT2D eigenvalue weighted by Crippen LogP contribution is -2.40. The standard InChI is InChI=1S/C21H25NO/c23-21-14-15-22(16-19-10-5-2-6-11-19)17-20(21)13-7-12-18-8-3-1-4-9-18/h1-6,8-11,20H,7,12-17H2. The summed E-state index contributed by atoms with van der Waals surface area (Å²) in [6.45, 7) is 2.79. The van der Waals surface area contributed by atoms with E-state index in [0.29, 0.717) is 12.2 Å². The summed E-state index contributed by atoms with van der Waals surface area (Å²) in [6.07, 6.45) is 3.89. The molecule has 0 bridgehead atoms. The molecule has 1 unspecified atom stereocenters. The van der Waals surface area contributed by atoms with Crippen LogP contribution in [0.5, 0.6) is 0 Å². The van der Waals surface area contributed by atoms with Gasteiger partial charge in [-0.05, 0) is 30.4 Å². The lowest BCUT2D eigenvalue weighted by atomic mass is 9.90. The first-order valence-electron chi connectivity index (χ1n) is 8.64. The van der Waals surface area contributed by atoms with E-state index < -0.39 is 0 Å². The van der Waals surface area contributed by atoms with Crippen molar-refractivity contribution in [1.82, 2.24) is 4.90 Å². The van der Waals surface area contributed by atoms with Gasteiger partial charge in [-0.1, -0.05) is 60.7 Å². The van der Waals surface area contributed by atoms with Gasteiger partial charge in [-0.15, -0.1) is 0 Å². The predicted octanol–water partition coefficient (Wildman–Crippen LogP) is 4.10. The second-order valence-corrected chi connectivity index (χ2v) is 6.51. The molecule has 1 aliphatic rings. The van der Waals surface area contributed by atoms with Crippen LogP contribution in [0.15, 0.2) is 60.7 Å². The summed E-state index contributed by atoms with van der Waals surface area (Å²) in [5.41, 5.74) is 2.71. The van der Waals surface area contributed by atoms with E-state index in [1.165, 1.54) is 11.1 Å². The number of rotatable bonds is 6. The van der Waals surface area contributed by atoms with E-state index in [0.717, 1.165) is 38.9 Å². The van der Waals surface area contributed by atoms with Crippen molar-refractivity contribution in [3.63, 3.8) is 0 Å². The maximum atomic E-state index is 12.2. The molecule has 1 fully saturated rings. The lowest BCUT2D eigenvalue weighted by molar-refractivity contribution is -0.126. The SMILES string of the molecule is O=C1CCN(Cc2ccccc2)CC1CCCc1ccccc1. The van der Waals surface area contributed by atoms with Crippen LogP contribution in [0.4, 0.5) is 0 Å². The van der Waals surface area contributed by atoms with Gasteiger partial charge < -0.3 is 0 Å². The summed E-state index contributed by atoms with van der Waals surface area (Å²) in [5, 5.41) is 0. The molecule has 23 heavy (non-hydrogen) atoms. The molecule has 1 atom stereocenters. The van der Waals surface area contributed by atoms with E-state index in [4.69, 9.17) is 0 Å². The topological polar surface area (TPSA) is 20.3 Å². The second kappa shape index (κ2) is 8.07. The first-order chi connectivity index (χ1) is 11.3. The molecule has 0 radical (unpaired) electrons. The van der Waals surface area contributed by atoms with Gasteiger partial charge in [0.2, 0.25) is 0 Å². The normalized spacial score (nSPS) is 19.0. The summed E-state index contributed by atoms with van der Waals surface area (Å²) in [6, 6.07) is 21.1. The molecule has 0 spiro atoms. The fraction of sp³-hybridized carbons (Fsp3) is 0.381. The molecule has 0 saturated carbocycles. The lowest BCUT2D eigenvalue weighted by Gasteiger charge is -2.31. The number of aryl methyl sites for hydroxylation is 1. The van der Waals surface area contributed by atoms with Crippen LogP contribution in [-0.2, 0) is 17.8 Å². The van der Waals surface area contributed by atoms with Crippen molar-refractivity contribution in [3.8, 4) is 0 Å². The molecule has 2 aromatic carbocycles. The molecule has 0 aromatic heterocycles. The number of nitrogens with zero attached hydrogens (tertiary/aromatic N) is 1. The quantitative estimate of drug-likeness (QED) is 0.801. The minimum atomic E-state index is 0.219. The number of piperidine rings is 1. The van der Waals surface area contributed by atoms with Crippen molar-refractivity contribution in [2.75, 3.05) is 13.1 Å². The summed E-state index contributed by atoms with van der Waals surface area (Å²) < 4.78 is 0. The Hall–Kier alpha value is -1.93. The van der Waals surface area contributed by atoms with Crippen LogP contribution >= 0.6 is 0 Å². The van der Waals surface area contributed by atoms with Crippen LogP contribution in [-0.4, -0.2) is 23.8 Å². The maximum absolute atomic E-state index is 12.2. The van der Waals surface area contributed by atoms with Gasteiger partial charge in [0.15, 0.2) is 0 Å². The first kappa shape index (κ1) is 15.9. The fourth-order valence-corrected chi connectivity index (χ4v) is 3.41. The minimum absolute atomic E-state index is 0.219. The van der Waals surface area contributed by atoms with E-state index in [9.17, 15) is 4.79 Å². The Morgan fingerprint density at radius 1 is 0.913 bits per heavy atom. The molecule has 0 N–H and O–H groups in total. The van der Waals surface area contributed by atoms with Gasteiger partial charge >= 0.3 is 0 Å². The molecule has 2 aromatic rings. The zero-order chi connectivity index (χ0) is 15.9. The van der Waals surface area contributed by atoms with Crippen molar-refractivity contribution >= 4 is 5.78 Å². The number of likely N-dealkylation sites (tertiary alicyclic amines) is 1. The van der Waals surface area contributed by atoms with Gasteiger partial charge in [0.25, 0.3) is 0 Å². The Kier molecular flexibility index (Phi) is 5.60. The number of hydrogen-bond donors (Lipinski definition) is 0. The van der Waals surface area contributed by atoms with Crippen molar-refractivity contribution in [2.24, 2.45) is 5.92 Å². The summed E-state index contributed by atoms with van der Waals surface area (Å²) >= 11 is 0. The fourth-order valence-electron chi connectivity index (χ4n) is 3.41. The van der Waals surface area contributed by atoms with Gasteiger partial charge in [0.1, 0.15) is 5.78 Å². The third kappa shape index (κ3) is 4.77. The van der Waals surface area contributed by atoms with Crippen LogP contribution in [0.1, 0.15) is 30.4 Å². The van der Waals surface area contributed by atoms with Gasteiger partial charge in [-0.25, -0.2) is 0 Å². The average molecular weight is 307 g/mol. The summed E-state index contributed by atoms with van der Waals surface area (Å²) in [4.78, 5) is 14.6. The Balaban J connectivity index is 1.49. The predicted molar refractivity (Wildman–Crippen MR) is 94.2 cm³/mol. The molecule has 2 nitrogen and oxygen atoms in total. The third-order valence-corrected chi connectivity index (χ3v) is 4.72. The number of carbonyl (C=O) groups excluding carboxylic acids is 1. The monoisotopic (exact) mass is 307 g/mol. The molecule has 3 rings (SSSR count). The zero-order valence-corrected chi connectivity index (χ0v) is 13.7. The maximum Gasteiger partial charge on any atom is 0.138 e. The van der Waals surface area contributed by atoms with Gasteiger partial charge in [0, 0.05) is 32.0 Å². The highest BCUT2D eigenvalue weighted by Gasteiger charge is 2.26. The molecule has 2 heteroatoms. The molecule has 1 saturated heterocycles. The molecule has 1 aliphatic heterocycles. The van der Waals surface area contributed by atoms with E-state index >= 15 is 0 Å². The van der Waals surface area contributed by atoms with Crippen LogP contribution in [0.2, 0.25) is 0 Å². The number of Topliss-reactive ketones (excluding diaryl/α,β-unsaturated/α-hetero) is 1. The van der Waals surface area contributed by atoms with Crippen molar-refractivity contribution < 1.29 is 4.79 Å². The van der Waals surface area contributed by atoms with Gasteiger partial charge in [0.05, 0.1) is 0 Å². The van der Waals surface area contributed by atoms with Gasteiger partial charge in [-0.3, -0.25) is 9.69 Å². The second-order valence-electron chi connectivity index (χ2n) is 6.51. The van der Waals surface area contributed by atoms with E-state index in [1.807, 2.05) is 0 Å². The van der Waals surface area contributed by atoms with Crippen LogP contribution < -0.4 is 0 Å². The molecular formula is C21H25NO. The van der Waals surface area contributed by atoms with Crippen molar-refractivity contribution in [1.29, 1.82) is 0 Å². The summed E-state index contributed by atoms with van der Waals surface area (Å²) in [5.74, 6) is 0.679. The first-order valence-corrected chi connectivity index (χ1v) is 8.64. The van der Waals surface area contributed by atoms with Crippen LogP contribution in [0, 0.1) is 5.92 Å². The highest BCUT2D eigenvalue weighted by atomic mass is 16.1. The highest BCUT2D eigenvalue weighted by molar-refractivity contribution is 5.82. The van der Waals surface area contributed by atoms with Crippen molar-refractivity contribution in [2.45, 2.75) is 32.2 Å². The molecule has 0 amide bonds. The van der Waals surface area contributed by atoms with E-state index in [-0.39, 0.29) is 5.92 Å². The Bertz CT molecular complexity index is 608. The minimum Gasteiger partial charge on any atom is -0.299 e. The van der Waals surface area contributed by atoms with Gasteiger partial charge in [-0.2, -0.15) is 0 Å². The molecular weight excluding hydrogens is 282 g/mol. The summed E-state index contributed by atoms with van der Waals surface area (Å²) in [7, 11) is 0. The number of carbonyl (C=O) groups is 1. The third-order valence-electron chi connectivity index (χ3n) is 4.72. The zero-order valence-electron chi connectivity index (χ0n) is 13.7. The van der Waals surface area contributed by atoms with E-state index in [2.05, 4.69) is 65.6 Å². The Morgan fingerprint density at radius 3 is 2.26 bits per heavy atom. The largest absolute Gasteiger partial charge is 0.299 e. The highest BCUT2D eigenvalue weighted by Crippen LogP contribution is 2.21. The van der Waals surface area contributed by atoms with Crippen LogP contribution in [0.3, 0.4) is 0 Å². The smallest absolute Gasteiger partial charge is 0.138 e. The number of ketones is 1. The Morgan fingerprint density at radius 2 is 1.57 bits per heavy atom. The molecule has 1 heterocycles. The number of benzene rings is 2.